The van der Waals surface area contributed by atoms with Crippen LogP contribution in [0.15, 0.2) is 30.3 Å². The molecule has 2 atom stereocenters. The molecule has 0 aromatic heterocycles. The van der Waals surface area contributed by atoms with Crippen molar-refractivity contribution in [1.29, 1.82) is 0 Å². The zero-order valence-electron chi connectivity index (χ0n) is 10.7. The topological polar surface area (TPSA) is 66.4 Å². The number of amides is 1. The quantitative estimate of drug-likeness (QED) is 0.808. The summed E-state index contributed by atoms with van der Waals surface area (Å²) in [4.78, 5) is 22.8. The fourth-order valence-electron chi connectivity index (χ4n) is 1.55. The maximum absolute atomic E-state index is 11.7. The summed E-state index contributed by atoms with van der Waals surface area (Å²) < 4.78 is 0. The van der Waals surface area contributed by atoms with Crippen LogP contribution in [-0.2, 0) is 16.0 Å². The van der Waals surface area contributed by atoms with Gasteiger partial charge in [0.2, 0.25) is 5.91 Å². The zero-order chi connectivity index (χ0) is 13.5. The van der Waals surface area contributed by atoms with E-state index in [1.165, 1.54) is 0 Å². The first-order chi connectivity index (χ1) is 8.54. The van der Waals surface area contributed by atoms with Crippen LogP contribution >= 0.6 is 0 Å². The molecule has 2 N–H and O–H groups in total. The van der Waals surface area contributed by atoms with E-state index in [2.05, 4.69) is 5.32 Å². The number of benzene rings is 1. The summed E-state index contributed by atoms with van der Waals surface area (Å²) in [6.45, 7) is 3.69. The number of carbonyl (C=O) groups excluding carboxylic acids is 1. The molecule has 0 aliphatic rings. The van der Waals surface area contributed by atoms with E-state index in [1.807, 2.05) is 37.3 Å². The van der Waals surface area contributed by atoms with Gasteiger partial charge >= 0.3 is 5.97 Å². The summed E-state index contributed by atoms with van der Waals surface area (Å²) in [5.41, 5.74) is 0.898. The summed E-state index contributed by atoms with van der Waals surface area (Å²) >= 11 is 0. The van der Waals surface area contributed by atoms with E-state index in [4.69, 9.17) is 5.11 Å². The van der Waals surface area contributed by atoms with Crippen molar-refractivity contribution in [2.24, 2.45) is 5.92 Å². The van der Waals surface area contributed by atoms with Crippen molar-refractivity contribution >= 4 is 11.9 Å². The van der Waals surface area contributed by atoms with Crippen LogP contribution < -0.4 is 5.32 Å². The first-order valence-corrected chi connectivity index (χ1v) is 6.11. The molecular weight excluding hydrogens is 230 g/mol. The molecule has 1 amide bonds. The van der Waals surface area contributed by atoms with Gasteiger partial charge in [-0.25, -0.2) is 4.79 Å². The van der Waals surface area contributed by atoms with Gasteiger partial charge in [0.15, 0.2) is 0 Å². The molecule has 1 aromatic carbocycles. The molecule has 4 nitrogen and oxygen atoms in total. The molecule has 0 unspecified atom stereocenters. The Morgan fingerprint density at radius 3 is 2.39 bits per heavy atom. The minimum absolute atomic E-state index is 0.164. The molecule has 0 aliphatic heterocycles. The second-order valence-corrected chi connectivity index (χ2v) is 4.40. The Balaban J connectivity index is 2.67. The van der Waals surface area contributed by atoms with Crippen LogP contribution in [0.25, 0.3) is 0 Å². The van der Waals surface area contributed by atoms with Gasteiger partial charge in [-0.3, -0.25) is 4.79 Å². The summed E-state index contributed by atoms with van der Waals surface area (Å²) in [5, 5.41) is 11.7. The van der Waals surface area contributed by atoms with Gasteiger partial charge in [-0.05, 0) is 12.0 Å². The van der Waals surface area contributed by atoms with Gasteiger partial charge in [-0.2, -0.15) is 0 Å². The lowest BCUT2D eigenvalue weighted by Crippen LogP contribution is -2.44. The van der Waals surface area contributed by atoms with Crippen molar-refractivity contribution in [3.63, 3.8) is 0 Å². The van der Waals surface area contributed by atoms with Crippen molar-refractivity contribution < 1.29 is 14.7 Å². The lowest BCUT2D eigenvalue weighted by molar-refractivity contribution is -0.142. The lowest BCUT2D eigenvalue weighted by Gasteiger charge is -2.17. The third-order valence-electron chi connectivity index (χ3n) is 2.96. The van der Waals surface area contributed by atoms with E-state index in [-0.39, 0.29) is 11.8 Å². The van der Waals surface area contributed by atoms with Crippen molar-refractivity contribution in [1.82, 2.24) is 5.32 Å². The maximum Gasteiger partial charge on any atom is 0.326 e. The minimum Gasteiger partial charge on any atom is -0.480 e. The van der Waals surface area contributed by atoms with E-state index in [1.54, 1.807) is 6.92 Å². The van der Waals surface area contributed by atoms with Gasteiger partial charge < -0.3 is 10.4 Å². The van der Waals surface area contributed by atoms with Gasteiger partial charge in [-0.1, -0.05) is 44.2 Å². The number of carboxylic acids is 1. The van der Waals surface area contributed by atoms with E-state index in [0.29, 0.717) is 12.8 Å². The fraction of sp³-hybridized carbons (Fsp3) is 0.429. The molecule has 1 rings (SSSR count). The van der Waals surface area contributed by atoms with E-state index in [0.717, 1.165) is 5.56 Å². The van der Waals surface area contributed by atoms with Crippen LogP contribution in [0.4, 0.5) is 0 Å². The average Bonchev–Trinajstić information content (AvgIpc) is 2.37. The molecule has 0 heterocycles. The predicted molar refractivity (Wildman–Crippen MR) is 69.2 cm³/mol. The number of carboxylic acid groups (broad SMARTS) is 1. The van der Waals surface area contributed by atoms with Gasteiger partial charge in [0.25, 0.3) is 0 Å². The second-order valence-electron chi connectivity index (χ2n) is 4.40. The molecule has 0 saturated heterocycles. The van der Waals surface area contributed by atoms with E-state index in [9.17, 15) is 9.59 Å². The third kappa shape index (κ3) is 4.20. The highest BCUT2D eigenvalue weighted by Gasteiger charge is 2.22. The van der Waals surface area contributed by atoms with Crippen LogP contribution in [0.5, 0.6) is 0 Å². The van der Waals surface area contributed by atoms with Crippen LogP contribution in [0, 0.1) is 5.92 Å². The summed E-state index contributed by atoms with van der Waals surface area (Å²) in [6.07, 6.45) is 1.00. The first kappa shape index (κ1) is 14.2. The van der Waals surface area contributed by atoms with Gasteiger partial charge in [0.05, 0.1) is 0 Å². The molecule has 0 fully saturated rings. The molecule has 0 aliphatic carbocycles. The summed E-state index contributed by atoms with van der Waals surface area (Å²) in [6, 6.07) is 8.41. The standard InChI is InChI=1S/C14H19NO3/c1-3-10(2)13(16)15-12(14(17)18)9-11-7-5-4-6-8-11/h4-8,10,12H,3,9H2,1-2H3,(H,15,16)(H,17,18)/t10-,12-/m0/s1. The minimum atomic E-state index is -1.00. The molecular formula is C14H19NO3. The van der Waals surface area contributed by atoms with Crippen LogP contribution in [0.3, 0.4) is 0 Å². The summed E-state index contributed by atoms with van der Waals surface area (Å²) in [7, 11) is 0. The van der Waals surface area contributed by atoms with E-state index >= 15 is 0 Å². The molecule has 4 heteroatoms. The predicted octanol–water partition coefficient (Wildman–Crippen LogP) is 1.84. The first-order valence-electron chi connectivity index (χ1n) is 6.11. The third-order valence-corrected chi connectivity index (χ3v) is 2.96. The Hall–Kier alpha value is -1.84. The normalized spacial score (nSPS) is 13.7. The average molecular weight is 249 g/mol. The molecule has 0 bridgehead atoms. The number of aliphatic carboxylic acids is 1. The Kier molecular flexibility index (Phi) is 5.36. The second kappa shape index (κ2) is 6.79. The van der Waals surface area contributed by atoms with Crippen LogP contribution in [-0.4, -0.2) is 23.0 Å². The number of hydrogen-bond donors (Lipinski definition) is 2. The number of carbonyl (C=O) groups is 2. The van der Waals surface area contributed by atoms with Crippen LogP contribution in [0.2, 0.25) is 0 Å². The van der Waals surface area contributed by atoms with Gasteiger partial charge in [0.1, 0.15) is 6.04 Å². The summed E-state index contributed by atoms with van der Waals surface area (Å²) in [5.74, 6) is -1.38. The highest BCUT2D eigenvalue weighted by Crippen LogP contribution is 2.06. The van der Waals surface area contributed by atoms with Crippen molar-refractivity contribution in [2.75, 3.05) is 0 Å². The monoisotopic (exact) mass is 249 g/mol. The Labute approximate surface area is 107 Å². The molecule has 0 saturated carbocycles. The number of hydrogen-bond acceptors (Lipinski definition) is 2. The highest BCUT2D eigenvalue weighted by molar-refractivity contribution is 5.84. The maximum atomic E-state index is 11.7. The molecule has 0 spiro atoms. The van der Waals surface area contributed by atoms with E-state index < -0.39 is 12.0 Å². The van der Waals surface area contributed by atoms with Gasteiger partial charge in [-0.15, -0.1) is 0 Å². The van der Waals surface area contributed by atoms with Crippen molar-refractivity contribution in [3.05, 3.63) is 35.9 Å². The molecule has 0 radical (unpaired) electrons. The highest BCUT2D eigenvalue weighted by atomic mass is 16.4. The van der Waals surface area contributed by atoms with Crippen molar-refractivity contribution in [2.45, 2.75) is 32.7 Å². The van der Waals surface area contributed by atoms with Crippen molar-refractivity contribution in [3.8, 4) is 0 Å². The fourth-order valence-corrected chi connectivity index (χ4v) is 1.55. The largest absolute Gasteiger partial charge is 0.480 e. The number of nitrogens with one attached hydrogen (secondary N) is 1. The van der Waals surface area contributed by atoms with Gasteiger partial charge in [0, 0.05) is 12.3 Å². The SMILES string of the molecule is CC[C@H](C)C(=O)N[C@@H](Cc1ccccc1)C(=O)O. The smallest absolute Gasteiger partial charge is 0.326 e. The lowest BCUT2D eigenvalue weighted by atomic mass is 10.0. The number of rotatable bonds is 6. The molecule has 1 aromatic rings. The Morgan fingerprint density at radius 1 is 1.28 bits per heavy atom. The molecule has 98 valence electrons. The Morgan fingerprint density at radius 2 is 1.89 bits per heavy atom. The van der Waals surface area contributed by atoms with Crippen LogP contribution in [0.1, 0.15) is 25.8 Å². The molecule has 18 heavy (non-hydrogen) atoms. The zero-order valence-corrected chi connectivity index (χ0v) is 10.7. The Bertz CT molecular complexity index is 403.